The number of alkyl halides is 1. The van der Waals surface area contributed by atoms with Gasteiger partial charge in [-0.1, -0.05) is 18.2 Å². The number of hydrogen-bond acceptors (Lipinski definition) is 1. The lowest BCUT2D eigenvalue weighted by Crippen LogP contribution is -2.22. The Morgan fingerprint density at radius 2 is 0.839 bits per heavy atom. The Kier molecular flexibility index (Phi) is 6.08. The summed E-state index contributed by atoms with van der Waals surface area (Å²) in [5.74, 6) is -26.1. The molecule has 1 nitrogen and oxygen atoms in total. The van der Waals surface area contributed by atoms with Gasteiger partial charge in [-0.15, -0.1) is 11.6 Å². The minimum Gasteiger partial charge on any atom is -0.299 e. The Hall–Kier alpha value is -2.95. The number of anilines is 3. The van der Waals surface area contributed by atoms with Crippen LogP contribution in [0.5, 0.6) is 0 Å². The Labute approximate surface area is 172 Å². The molecule has 0 spiro atoms. The molecule has 0 aliphatic carbocycles. The average Bonchev–Trinajstić information content (AvgIpc) is 2.77. The molecule has 0 atom stereocenters. The highest BCUT2D eigenvalue weighted by Crippen LogP contribution is 2.45. The van der Waals surface area contributed by atoms with Crippen LogP contribution in [0.1, 0.15) is 5.56 Å². The highest BCUT2D eigenvalue weighted by molar-refractivity contribution is 6.17. The maximum atomic E-state index is 14.5. The molecule has 3 rings (SSSR count). The smallest absolute Gasteiger partial charge is 0.200 e. The lowest BCUT2D eigenvalue weighted by Gasteiger charge is -2.29. The van der Waals surface area contributed by atoms with Gasteiger partial charge in [0.15, 0.2) is 46.5 Å². The van der Waals surface area contributed by atoms with Crippen LogP contribution in [0.3, 0.4) is 0 Å². The Bertz CT molecular complexity index is 1070. The molecule has 164 valence electrons. The third kappa shape index (κ3) is 3.46. The summed E-state index contributed by atoms with van der Waals surface area (Å²) in [4.78, 5) is -0.301. The van der Waals surface area contributed by atoms with E-state index in [2.05, 4.69) is 0 Å². The van der Waals surface area contributed by atoms with Crippen molar-refractivity contribution in [1.82, 2.24) is 0 Å². The van der Waals surface area contributed by atoms with Gasteiger partial charge in [0.25, 0.3) is 0 Å². The first-order chi connectivity index (χ1) is 14.5. The van der Waals surface area contributed by atoms with Crippen molar-refractivity contribution in [2.75, 3.05) is 4.90 Å². The number of rotatable bonds is 4. The van der Waals surface area contributed by atoms with Crippen molar-refractivity contribution in [1.29, 1.82) is 0 Å². The quantitative estimate of drug-likeness (QED) is 0.166. The number of para-hydroxylation sites is 1. The van der Waals surface area contributed by atoms with Gasteiger partial charge in [0.2, 0.25) is 11.6 Å². The SMILES string of the molecule is Fc1c(F)c(F)c(N(c2ccccc2CCl)c2c(F)c(F)c(F)c(F)c2F)c(F)c1F. The molecule has 0 aliphatic heterocycles. The third-order valence-electron chi connectivity index (χ3n) is 4.20. The van der Waals surface area contributed by atoms with Crippen LogP contribution in [0.2, 0.25) is 0 Å². The zero-order valence-corrected chi connectivity index (χ0v) is 15.4. The number of benzene rings is 3. The molecule has 0 bridgehead atoms. The molecule has 3 aromatic carbocycles. The zero-order valence-electron chi connectivity index (χ0n) is 14.6. The van der Waals surface area contributed by atoms with Gasteiger partial charge in [0.1, 0.15) is 11.4 Å². The summed E-state index contributed by atoms with van der Waals surface area (Å²) in [6.45, 7) is 0. The lowest BCUT2D eigenvalue weighted by atomic mass is 10.1. The van der Waals surface area contributed by atoms with Crippen LogP contribution in [0, 0.1) is 58.2 Å². The summed E-state index contributed by atoms with van der Waals surface area (Å²) in [6.07, 6.45) is 0. The first-order valence-electron chi connectivity index (χ1n) is 8.01. The first kappa shape index (κ1) is 22.7. The van der Waals surface area contributed by atoms with Gasteiger partial charge in [0.05, 0.1) is 5.69 Å². The highest BCUT2D eigenvalue weighted by Gasteiger charge is 2.37. The van der Waals surface area contributed by atoms with Gasteiger partial charge < -0.3 is 0 Å². The summed E-state index contributed by atoms with van der Waals surface area (Å²) >= 11 is 5.67. The van der Waals surface area contributed by atoms with E-state index in [4.69, 9.17) is 11.6 Å². The summed E-state index contributed by atoms with van der Waals surface area (Å²) in [7, 11) is 0. The van der Waals surface area contributed by atoms with Gasteiger partial charge in [-0.25, -0.2) is 43.9 Å². The maximum absolute atomic E-state index is 14.5. The molecule has 12 heteroatoms. The van der Waals surface area contributed by atoms with Gasteiger partial charge >= 0.3 is 0 Å². The van der Waals surface area contributed by atoms with Crippen LogP contribution < -0.4 is 4.90 Å². The Morgan fingerprint density at radius 1 is 0.516 bits per heavy atom. The molecule has 31 heavy (non-hydrogen) atoms. The van der Waals surface area contributed by atoms with Crippen molar-refractivity contribution >= 4 is 28.7 Å². The standard InChI is InChI=1S/C19H6ClF10N/c20-5-6-3-1-2-4-7(6)31(18-14(27)10(23)8(21)11(24)15(18)28)19-16(29)12(25)9(22)13(26)17(19)30/h1-4H,5H2. The molecule has 0 N–H and O–H groups in total. The molecule has 0 unspecified atom stereocenters. The summed E-state index contributed by atoms with van der Waals surface area (Å²) in [6, 6.07) is 4.40. The lowest BCUT2D eigenvalue weighted by molar-refractivity contribution is 0.375. The fourth-order valence-corrected chi connectivity index (χ4v) is 3.00. The molecule has 0 aliphatic rings. The maximum Gasteiger partial charge on any atom is 0.200 e. The van der Waals surface area contributed by atoms with E-state index in [0.717, 1.165) is 18.2 Å². The second kappa shape index (κ2) is 8.29. The van der Waals surface area contributed by atoms with Crippen LogP contribution >= 0.6 is 11.6 Å². The summed E-state index contributed by atoms with van der Waals surface area (Å²) in [5.41, 5.74) is -4.85. The van der Waals surface area contributed by atoms with E-state index in [0.29, 0.717) is 0 Å². The normalized spacial score (nSPS) is 11.2. The predicted molar refractivity (Wildman–Crippen MR) is 90.3 cm³/mol. The molecule has 0 amide bonds. The van der Waals surface area contributed by atoms with Gasteiger partial charge in [-0.2, -0.15) is 0 Å². The van der Waals surface area contributed by atoms with Crippen molar-refractivity contribution in [2.24, 2.45) is 0 Å². The van der Waals surface area contributed by atoms with Gasteiger partial charge in [0, 0.05) is 5.88 Å². The van der Waals surface area contributed by atoms with Crippen molar-refractivity contribution in [3.8, 4) is 0 Å². The molecule has 0 fully saturated rings. The molecule has 0 radical (unpaired) electrons. The minimum atomic E-state index is -2.60. The fraction of sp³-hybridized carbons (Fsp3) is 0.0526. The fourth-order valence-electron chi connectivity index (χ4n) is 2.77. The molecule has 3 aromatic rings. The zero-order chi connectivity index (χ0) is 23.2. The second-order valence-corrected chi connectivity index (χ2v) is 6.20. The molecule has 0 saturated carbocycles. The van der Waals surface area contributed by atoms with E-state index < -0.39 is 81.1 Å². The topological polar surface area (TPSA) is 3.24 Å². The minimum absolute atomic E-state index is 0.197. The van der Waals surface area contributed by atoms with Crippen LogP contribution in [-0.4, -0.2) is 0 Å². The van der Waals surface area contributed by atoms with Crippen LogP contribution in [0.15, 0.2) is 24.3 Å². The van der Waals surface area contributed by atoms with E-state index in [9.17, 15) is 43.9 Å². The second-order valence-electron chi connectivity index (χ2n) is 5.93. The Balaban J connectivity index is 2.56. The number of nitrogens with zero attached hydrogens (tertiary/aromatic N) is 1. The third-order valence-corrected chi connectivity index (χ3v) is 4.48. The van der Waals surface area contributed by atoms with Crippen LogP contribution in [0.4, 0.5) is 61.0 Å². The van der Waals surface area contributed by atoms with Crippen LogP contribution in [-0.2, 0) is 5.88 Å². The molecule has 0 heterocycles. The number of halogens is 11. The van der Waals surface area contributed by atoms with Crippen molar-refractivity contribution in [3.05, 3.63) is 88.0 Å². The average molecular weight is 474 g/mol. The summed E-state index contributed by atoms with van der Waals surface area (Å²) in [5, 5.41) is 0. The predicted octanol–water partition coefficient (Wildman–Crippen LogP) is 7.29. The molecule has 0 aromatic heterocycles. The number of hydrogen-bond donors (Lipinski definition) is 0. The largest absolute Gasteiger partial charge is 0.299 e. The highest BCUT2D eigenvalue weighted by atomic mass is 35.5. The van der Waals surface area contributed by atoms with E-state index in [1.165, 1.54) is 6.07 Å². The van der Waals surface area contributed by atoms with Crippen LogP contribution in [0.25, 0.3) is 0 Å². The van der Waals surface area contributed by atoms with Gasteiger partial charge in [-0.05, 0) is 11.6 Å². The van der Waals surface area contributed by atoms with E-state index in [1.807, 2.05) is 0 Å². The van der Waals surface area contributed by atoms with Crippen molar-refractivity contribution in [2.45, 2.75) is 5.88 Å². The summed E-state index contributed by atoms with van der Waals surface area (Å²) < 4.78 is 140. The first-order valence-corrected chi connectivity index (χ1v) is 8.54. The molecule has 0 saturated heterocycles. The van der Waals surface area contributed by atoms with E-state index in [1.54, 1.807) is 0 Å². The monoisotopic (exact) mass is 473 g/mol. The van der Waals surface area contributed by atoms with E-state index in [-0.39, 0.29) is 10.5 Å². The van der Waals surface area contributed by atoms with Crippen molar-refractivity contribution in [3.63, 3.8) is 0 Å². The Morgan fingerprint density at radius 3 is 1.19 bits per heavy atom. The van der Waals surface area contributed by atoms with Gasteiger partial charge in [-0.3, -0.25) is 4.90 Å². The molecular formula is C19H6ClF10N. The molecular weight excluding hydrogens is 468 g/mol. The van der Waals surface area contributed by atoms with Crippen molar-refractivity contribution < 1.29 is 43.9 Å². The van der Waals surface area contributed by atoms with E-state index >= 15 is 0 Å².